The molecule has 0 atom stereocenters. The third-order valence-electron chi connectivity index (χ3n) is 3.36. The van der Waals surface area contributed by atoms with Crippen LogP contribution in [-0.2, 0) is 6.54 Å². The van der Waals surface area contributed by atoms with Crippen LogP contribution in [0.4, 0.5) is 5.82 Å². The molecule has 0 saturated heterocycles. The topological polar surface area (TPSA) is 110 Å². The fraction of sp³-hybridized carbons (Fsp3) is 0.267. The lowest BCUT2D eigenvalue weighted by Crippen LogP contribution is -2.27. The number of fused-ring (bicyclic) bond motifs is 3. The van der Waals surface area contributed by atoms with Crippen molar-refractivity contribution in [3.63, 3.8) is 0 Å². The van der Waals surface area contributed by atoms with Crippen LogP contribution >= 0.6 is 0 Å². The van der Waals surface area contributed by atoms with Crippen molar-refractivity contribution in [3.05, 3.63) is 30.1 Å². The van der Waals surface area contributed by atoms with E-state index in [1.807, 2.05) is 24.3 Å². The molecule has 0 spiro atoms. The highest BCUT2D eigenvalue weighted by Gasteiger charge is 2.21. The second-order valence-corrected chi connectivity index (χ2v) is 5.82. The molecule has 0 saturated carbocycles. The lowest BCUT2D eigenvalue weighted by atomic mass is 10.1. The number of hydrogen-bond donors (Lipinski definition) is 3. The second-order valence-electron chi connectivity index (χ2n) is 5.82. The maximum Gasteiger partial charge on any atom is 0.155 e. The summed E-state index contributed by atoms with van der Waals surface area (Å²) in [4.78, 5) is 8.74. The van der Waals surface area contributed by atoms with Gasteiger partial charge in [-0.2, -0.15) is 0 Å². The third kappa shape index (κ3) is 2.35. The molecule has 0 aliphatic carbocycles. The minimum atomic E-state index is -0.967. The Kier molecular flexibility index (Phi) is 3.22. The van der Waals surface area contributed by atoms with Crippen molar-refractivity contribution in [1.82, 2.24) is 14.5 Å². The molecule has 114 valence electrons. The quantitative estimate of drug-likeness (QED) is 0.388. The summed E-state index contributed by atoms with van der Waals surface area (Å²) in [5.41, 5.74) is 7.08. The summed E-state index contributed by atoms with van der Waals surface area (Å²) < 4.78 is 1.79. The summed E-state index contributed by atoms with van der Waals surface area (Å²) in [6, 6.07) is 7.58. The van der Waals surface area contributed by atoms with Crippen LogP contribution < -0.4 is 5.73 Å². The Hall–Kier alpha value is -2.67. The van der Waals surface area contributed by atoms with Gasteiger partial charge in [0, 0.05) is 5.39 Å². The summed E-state index contributed by atoms with van der Waals surface area (Å²) >= 11 is 0. The highest BCUT2D eigenvalue weighted by atomic mass is 16.4. The highest BCUT2D eigenvalue weighted by Crippen LogP contribution is 2.29. The van der Waals surface area contributed by atoms with Gasteiger partial charge in [0.15, 0.2) is 11.6 Å². The lowest BCUT2D eigenvalue weighted by Gasteiger charge is -2.19. The van der Waals surface area contributed by atoms with Gasteiger partial charge in [-0.05, 0) is 19.9 Å². The molecule has 1 aromatic carbocycles. The molecule has 0 bridgehead atoms. The molecule has 0 aliphatic rings. The predicted molar refractivity (Wildman–Crippen MR) is 85.1 cm³/mol. The van der Waals surface area contributed by atoms with Crippen LogP contribution in [0.2, 0.25) is 0 Å². The lowest BCUT2D eigenvalue weighted by molar-refractivity contribution is 0.0626. The third-order valence-corrected chi connectivity index (χ3v) is 3.36. The van der Waals surface area contributed by atoms with Gasteiger partial charge in [-0.1, -0.05) is 23.4 Å². The minimum Gasteiger partial charge on any atom is -0.411 e. The van der Waals surface area contributed by atoms with E-state index < -0.39 is 5.60 Å². The van der Waals surface area contributed by atoms with E-state index in [1.165, 1.54) is 6.21 Å². The first kappa shape index (κ1) is 14.3. The first-order valence-corrected chi connectivity index (χ1v) is 6.85. The zero-order valence-electron chi connectivity index (χ0n) is 12.4. The molecule has 4 N–H and O–H groups in total. The van der Waals surface area contributed by atoms with Crippen LogP contribution in [0.3, 0.4) is 0 Å². The number of nitrogens with two attached hydrogens (primary N) is 1. The molecule has 7 heteroatoms. The van der Waals surface area contributed by atoms with E-state index in [-0.39, 0.29) is 6.54 Å². The summed E-state index contributed by atoms with van der Waals surface area (Å²) in [6.07, 6.45) is 1.22. The van der Waals surface area contributed by atoms with E-state index >= 15 is 0 Å². The first-order valence-electron chi connectivity index (χ1n) is 6.85. The Balaban J connectivity index is 2.44. The molecule has 0 aliphatic heterocycles. The number of anilines is 1. The maximum atomic E-state index is 10.2. The molecule has 3 aromatic rings. The van der Waals surface area contributed by atoms with Crippen molar-refractivity contribution in [2.24, 2.45) is 5.16 Å². The molecule has 22 heavy (non-hydrogen) atoms. The molecule has 3 rings (SSSR count). The van der Waals surface area contributed by atoms with Crippen molar-refractivity contribution in [2.45, 2.75) is 26.0 Å². The number of aliphatic hydroxyl groups is 1. The monoisotopic (exact) mass is 299 g/mol. The number of aromatic nitrogens is 3. The fourth-order valence-corrected chi connectivity index (χ4v) is 2.57. The van der Waals surface area contributed by atoms with E-state index in [0.29, 0.717) is 17.2 Å². The highest BCUT2D eigenvalue weighted by molar-refractivity contribution is 6.07. The van der Waals surface area contributed by atoms with E-state index in [0.717, 1.165) is 16.4 Å². The Morgan fingerprint density at radius 1 is 1.32 bits per heavy atom. The SMILES string of the molecule is CC(C)(O)Cn1c(/C=N/O)nc2c(N)nc3ccccc3c21. The Bertz CT molecular complexity index is 877. The van der Waals surface area contributed by atoms with E-state index in [4.69, 9.17) is 10.9 Å². The van der Waals surface area contributed by atoms with Gasteiger partial charge in [0.1, 0.15) is 11.7 Å². The van der Waals surface area contributed by atoms with Crippen molar-refractivity contribution in [2.75, 3.05) is 5.73 Å². The Labute approximate surface area is 126 Å². The second kappa shape index (κ2) is 4.96. The number of benzene rings is 1. The summed E-state index contributed by atoms with van der Waals surface area (Å²) in [5.74, 6) is 0.709. The molecule has 0 radical (unpaired) electrons. The zero-order chi connectivity index (χ0) is 15.9. The molecule has 2 aromatic heterocycles. The first-order chi connectivity index (χ1) is 10.4. The van der Waals surface area contributed by atoms with Gasteiger partial charge in [-0.3, -0.25) is 0 Å². The van der Waals surface area contributed by atoms with Gasteiger partial charge in [0.05, 0.1) is 23.2 Å². The van der Waals surface area contributed by atoms with Gasteiger partial charge < -0.3 is 20.6 Å². The average Bonchev–Trinajstić information content (AvgIpc) is 2.77. The van der Waals surface area contributed by atoms with Crippen molar-refractivity contribution >= 4 is 34.0 Å². The number of oxime groups is 1. The van der Waals surface area contributed by atoms with Crippen LogP contribution in [0.15, 0.2) is 29.4 Å². The van der Waals surface area contributed by atoms with Crippen LogP contribution in [0.5, 0.6) is 0 Å². The van der Waals surface area contributed by atoms with Crippen LogP contribution in [0.1, 0.15) is 19.7 Å². The Morgan fingerprint density at radius 3 is 2.73 bits per heavy atom. The van der Waals surface area contributed by atoms with E-state index in [2.05, 4.69) is 15.1 Å². The average molecular weight is 299 g/mol. The summed E-state index contributed by atoms with van der Waals surface area (Å²) in [5, 5.41) is 23.0. The minimum absolute atomic E-state index is 0.276. The number of imidazole rings is 1. The Morgan fingerprint density at radius 2 is 2.05 bits per heavy atom. The van der Waals surface area contributed by atoms with Crippen LogP contribution in [0.25, 0.3) is 21.9 Å². The molecule has 0 amide bonds. The number of rotatable bonds is 3. The van der Waals surface area contributed by atoms with E-state index in [1.54, 1.807) is 18.4 Å². The maximum absolute atomic E-state index is 10.2. The summed E-state index contributed by atoms with van der Waals surface area (Å²) in [6.45, 7) is 3.68. The van der Waals surface area contributed by atoms with E-state index in [9.17, 15) is 5.11 Å². The fourth-order valence-electron chi connectivity index (χ4n) is 2.57. The van der Waals surface area contributed by atoms with Crippen molar-refractivity contribution in [3.8, 4) is 0 Å². The predicted octanol–water partition coefficient (Wildman–Crippen LogP) is 1.75. The zero-order valence-corrected chi connectivity index (χ0v) is 12.4. The van der Waals surface area contributed by atoms with Gasteiger partial charge in [0.2, 0.25) is 0 Å². The summed E-state index contributed by atoms with van der Waals surface area (Å²) in [7, 11) is 0. The van der Waals surface area contributed by atoms with Crippen LogP contribution in [0, 0.1) is 0 Å². The van der Waals surface area contributed by atoms with Crippen molar-refractivity contribution < 1.29 is 10.3 Å². The molecule has 0 fully saturated rings. The molecule has 7 nitrogen and oxygen atoms in total. The van der Waals surface area contributed by atoms with Gasteiger partial charge >= 0.3 is 0 Å². The van der Waals surface area contributed by atoms with Crippen molar-refractivity contribution in [1.29, 1.82) is 0 Å². The molecule has 2 heterocycles. The molecule has 0 unspecified atom stereocenters. The number of nitrogen functional groups attached to an aromatic ring is 1. The smallest absolute Gasteiger partial charge is 0.155 e. The number of nitrogens with zero attached hydrogens (tertiary/aromatic N) is 4. The van der Waals surface area contributed by atoms with Gasteiger partial charge in [0.25, 0.3) is 0 Å². The number of pyridine rings is 1. The standard InChI is InChI=1S/C15H17N5O2/c1-15(2,21)8-20-11(7-17-22)19-12-13(20)9-5-3-4-6-10(9)18-14(12)16/h3-7,21-22H,8H2,1-2H3,(H2,16,18)/b17-7+. The van der Waals surface area contributed by atoms with Gasteiger partial charge in [-0.25, -0.2) is 9.97 Å². The van der Waals surface area contributed by atoms with Crippen LogP contribution in [-0.4, -0.2) is 36.7 Å². The molecular formula is C15H17N5O2. The normalized spacial score (nSPS) is 12.7. The largest absolute Gasteiger partial charge is 0.411 e. The number of para-hydroxylation sites is 1. The van der Waals surface area contributed by atoms with Gasteiger partial charge in [-0.15, -0.1) is 0 Å². The number of hydrogen-bond acceptors (Lipinski definition) is 6. The molecular weight excluding hydrogens is 282 g/mol.